The molecular weight excluding hydrogens is 340 g/mol. The SMILES string of the molecule is CCN(CC(=O)O)C1CCN(Cc2cscc2Br)CC1. The van der Waals surface area contributed by atoms with Crippen LogP contribution in [0.25, 0.3) is 0 Å². The van der Waals surface area contributed by atoms with E-state index in [9.17, 15) is 4.79 Å². The topological polar surface area (TPSA) is 43.8 Å². The number of nitrogens with zero attached hydrogens (tertiary/aromatic N) is 2. The van der Waals surface area contributed by atoms with Crippen molar-refractivity contribution in [2.45, 2.75) is 32.4 Å². The highest BCUT2D eigenvalue weighted by Crippen LogP contribution is 2.25. The van der Waals surface area contributed by atoms with Crippen molar-refractivity contribution in [3.05, 3.63) is 20.8 Å². The van der Waals surface area contributed by atoms with Gasteiger partial charge in [0.2, 0.25) is 0 Å². The fraction of sp³-hybridized carbons (Fsp3) is 0.643. The zero-order chi connectivity index (χ0) is 14.5. The van der Waals surface area contributed by atoms with Crippen molar-refractivity contribution in [1.82, 2.24) is 9.80 Å². The molecule has 0 amide bonds. The van der Waals surface area contributed by atoms with Gasteiger partial charge in [0.25, 0.3) is 0 Å². The first kappa shape index (κ1) is 15.9. The van der Waals surface area contributed by atoms with E-state index in [1.54, 1.807) is 11.3 Å². The Morgan fingerprint density at radius 3 is 2.70 bits per heavy atom. The summed E-state index contributed by atoms with van der Waals surface area (Å²) in [5, 5.41) is 13.3. The Morgan fingerprint density at radius 1 is 1.50 bits per heavy atom. The average Bonchev–Trinajstić information content (AvgIpc) is 2.82. The lowest BCUT2D eigenvalue weighted by atomic mass is 10.0. The van der Waals surface area contributed by atoms with Gasteiger partial charge in [-0.2, -0.15) is 11.3 Å². The van der Waals surface area contributed by atoms with Crippen LogP contribution in [0, 0.1) is 0 Å². The molecule has 1 aliphatic rings. The number of hydrogen-bond donors (Lipinski definition) is 1. The third-order valence-electron chi connectivity index (χ3n) is 3.90. The van der Waals surface area contributed by atoms with E-state index in [0.717, 1.165) is 39.0 Å². The minimum absolute atomic E-state index is 0.164. The molecule has 0 aliphatic carbocycles. The Morgan fingerprint density at radius 2 is 2.20 bits per heavy atom. The predicted octanol–water partition coefficient (Wildman–Crippen LogP) is 2.88. The molecule has 112 valence electrons. The van der Waals surface area contributed by atoms with Crippen molar-refractivity contribution >= 4 is 33.2 Å². The van der Waals surface area contributed by atoms with E-state index in [0.29, 0.717) is 6.04 Å². The van der Waals surface area contributed by atoms with Crippen LogP contribution in [-0.2, 0) is 11.3 Å². The van der Waals surface area contributed by atoms with Crippen molar-refractivity contribution in [2.75, 3.05) is 26.2 Å². The van der Waals surface area contributed by atoms with E-state index in [1.807, 2.05) is 6.92 Å². The molecule has 1 fully saturated rings. The summed E-state index contributed by atoms with van der Waals surface area (Å²) in [6.45, 7) is 6.09. The summed E-state index contributed by atoms with van der Waals surface area (Å²) in [7, 11) is 0. The average molecular weight is 361 g/mol. The maximum Gasteiger partial charge on any atom is 0.317 e. The quantitative estimate of drug-likeness (QED) is 0.846. The van der Waals surface area contributed by atoms with Crippen LogP contribution in [0.5, 0.6) is 0 Å². The van der Waals surface area contributed by atoms with Gasteiger partial charge in [0.1, 0.15) is 0 Å². The van der Waals surface area contributed by atoms with Gasteiger partial charge in [0.15, 0.2) is 0 Å². The summed E-state index contributed by atoms with van der Waals surface area (Å²) in [5.74, 6) is -0.725. The van der Waals surface area contributed by atoms with Crippen molar-refractivity contribution in [1.29, 1.82) is 0 Å². The standard InChI is InChI=1S/C14H21BrN2O2S/c1-2-17(8-14(18)19)12-3-5-16(6-4-12)7-11-9-20-10-13(11)15/h9-10,12H,2-8H2,1H3,(H,18,19). The summed E-state index contributed by atoms with van der Waals surface area (Å²) in [6, 6.07) is 0.415. The van der Waals surface area contributed by atoms with E-state index in [1.165, 1.54) is 10.0 Å². The van der Waals surface area contributed by atoms with Gasteiger partial charge in [-0.3, -0.25) is 14.6 Å². The van der Waals surface area contributed by atoms with Crippen molar-refractivity contribution in [3.63, 3.8) is 0 Å². The number of thiophene rings is 1. The number of carboxylic acids is 1. The van der Waals surface area contributed by atoms with E-state index in [2.05, 4.69) is 36.5 Å². The molecule has 1 aliphatic heterocycles. The monoisotopic (exact) mass is 360 g/mol. The summed E-state index contributed by atoms with van der Waals surface area (Å²) < 4.78 is 1.20. The zero-order valence-electron chi connectivity index (χ0n) is 11.7. The number of carboxylic acid groups (broad SMARTS) is 1. The third kappa shape index (κ3) is 4.28. The number of halogens is 1. The van der Waals surface area contributed by atoms with Crippen LogP contribution in [0.1, 0.15) is 25.3 Å². The Balaban J connectivity index is 1.82. The molecular formula is C14H21BrN2O2S. The Bertz CT molecular complexity index is 444. The Kier molecular flexibility index (Phi) is 6.01. The van der Waals surface area contributed by atoms with E-state index < -0.39 is 5.97 Å². The van der Waals surface area contributed by atoms with Crippen LogP contribution in [0.15, 0.2) is 15.2 Å². The number of hydrogen-bond acceptors (Lipinski definition) is 4. The lowest BCUT2D eigenvalue weighted by Crippen LogP contribution is -2.46. The summed E-state index contributed by atoms with van der Waals surface area (Å²) in [6.07, 6.45) is 2.12. The van der Waals surface area contributed by atoms with Gasteiger partial charge in [0, 0.05) is 22.4 Å². The number of piperidine rings is 1. The summed E-state index contributed by atoms with van der Waals surface area (Å²) >= 11 is 5.30. The van der Waals surface area contributed by atoms with Crippen molar-refractivity contribution in [2.24, 2.45) is 0 Å². The first-order valence-corrected chi connectivity index (χ1v) is 8.72. The van der Waals surface area contributed by atoms with Crippen LogP contribution in [0.4, 0.5) is 0 Å². The van der Waals surface area contributed by atoms with Crippen LogP contribution in [-0.4, -0.2) is 53.1 Å². The van der Waals surface area contributed by atoms with Gasteiger partial charge in [-0.15, -0.1) is 0 Å². The second-order valence-corrected chi connectivity index (χ2v) is 6.81. The van der Waals surface area contributed by atoms with E-state index in [-0.39, 0.29) is 6.54 Å². The van der Waals surface area contributed by atoms with Crippen LogP contribution in [0.3, 0.4) is 0 Å². The maximum atomic E-state index is 10.9. The molecule has 0 bridgehead atoms. The fourth-order valence-electron chi connectivity index (χ4n) is 2.78. The van der Waals surface area contributed by atoms with Crippen LogP contribution >= 0.6 is 27.3 Å². The Hall–Kier alpha value is -0.430. The van der Waals surface area contributed by atoms with Crippen molar-refractivity contribution in [3.8, 4) is 0 Å². The number of rotatable bonds is 6. The molecule has 20 heavy (non-hydrogen) atoms. The van der Waals surface area contributed by atoms with Gasteiger partial charge in [-0.1, -0.05) is 6.92 Å². The predicted molar refractivity (Wildman–Crippen MR) is 85.2 cm³/mol. The second kappa shape index (κ2) is 7.54. The summed E-state index contributed by atoms with van der Waals surface area (Å²) in [5.41, 5.74) is 1.35. The maximum absolute atomic E-state index is 10.9. The molecule has 0 saturated carbocycles. The van der Waals surface area contributed by atoms with Gasteiger partial charge in [-0.05, 0) is 59.3 Å². The van der Waals surface area contributed by atoms with Gasteiger partial charge in [0.05, 0.1) is 6.54 Å². The first-order chi connectivity index (χ1) is 9.60. The molecule has 0 unspecified atom stereocenters. The smallest absolute Gasteiger partial charge is 0.317 e. The molecule has 2 heterocycles. The largest absolute Gasteiger partial charge is 0.480 e. The molecule has 6 heteroatoms. The van der Waals surface area contributed by atoms with E-state index >= 15 is 0 Å². The Labute approximate surface area is 132 Å². The minimum atomic E-state index is -0.725. The molecule has 0 atom stereocenters. The van der Waals surface area contributed by atoms with Gasteiger partial charge < -0.3 is 5.11 Å². The third-order valence-corrected chi connectivity index (χ3v) is 5.73. The highest BCUT2D eigenvalue weighted by molar-refractivity contribution is 9.10. The minimum Gasteiger partial charge on any atom is -0.480 e. The van der Waals surface area contributed by atoms with Crippen LogP contribution < -0.4 is 0 Å². The lowest BCUT2D eigenvalue weighted by Gasteiger charge is -2.37. The normalized spacial score (nSPS) is 17.8. The fourth-order valence-corrected chi connectivity index (χ4v) is 4.20. The molecule has 0 aromatic carbocycles. The van der Waals surface area contributed by atoms with Gasteiger partial charge >= 0.3 is 5.97 Å². The molecule has 2 rings (SSSR count). The number of carbonyl (C=O) groups is 1. The molecule has 4 nitrogen and oxygen atoms in total. The summed E-state index contributed by atoms with van der Waals surface area (Å²) in [4.78, 5) is 15.4. The molecule has 0 radical (unpaired) electrons. The molecule has 0 spiro atoms. The highest BCUT2D eigenvalue weighted by atomic mass is 79.9. The van der Waals surface area contributed by atoms with Crippen LogP contribution in [0.2, 0.25) is 0 Å². The zero-order valence-corrected chi connectivity index (χ0v) is 14.1. The lowest BCUT2D eigenvalue weighted by molar-refractivity contribution is -0.139. The highest BCUT2D eigenvalue weighted by Gasteiger charge is 2.25. The molecule has 1 aromatic heterocycles. The van der Waals surface area contributed by atoms with Gasteiger partial charge in [-0.25, -0.2) is 0 Å². The number of likely N-dealkylation sites (N-methyl/N-ethyl adjacent to an activating group) is 1. The number of likely N-dealkylation sites (tertiary alicyclic amines) is 1. The first-order valence-electron chi connectivity index (χ1n) is 6.99. The number of aliphatic carboxylic acids is 1. The molecule has 1 saturated heterocycles. The molecule has 1 N–H and O–H groups in total. The van der Waals surface area contributed by atoms with E-state index in [4.69, 9.17) is 5.11 Å². The van der Waals surface area contributed by atoms with Crippen molar-refractivity contribution < 1.29 is 9.90 Å². The second-order valence-electron chi connectivity index (χ2n) is 5.21. The molecule has 1 aromatic rings.